The van der Waals surface area contributed by atoms with E-state index in [1.165, 1.54) is 13.1 Å². The lowest BCUT2D eigenvalue weighted by Crippen LogP contribution is -2.52. The molecule has 2 aromatic rings. The van der Waals surface area contributed by atoms with Crippen LogP contribution in [0, 0.1) is 5.82 Å². The smallest absolute Gasteiger partial charge is 0.215 e. The summed E-state index contributed by atoms with van der Waals surface area (Å²) < 4.78 is 39.6. The zero-order chi connectivity index (χ0) is 21.6. The Labute approximate surface area is 200 Å². The summed E-state index contributed by atoms with van der Waals surface area (Å²) in [5.74, 6) is 0.565. The fourth-order valence-electron chi connectivity index (χ4n) is 3.43. The van der Waals surface area contributed by atoms with Crippen LogP contribution in [0.5, 0.6) is 0 Å². The summed E-state index contributed by atoms with van der Waals surface area (Å²) in [5, 5.41) is 3.35. The van der Waals surface area contributed by atoms with E-state index in [2.05, 4.69) is 24.8 Å². The second-order valence-electron chi connectivity index (χ2n) is 7.11. The van der Waals surface area contributed by atoms with Crippen molar-refractivity contribution in [2.45, 2.75) is 12.3 Å². The van der Waals surface area contributed by atoms with Crippen molar-refractivity contribution >= 4 is 45.6 Å². The van der Waals surface area contributed by atoms with Gasteiger partial charge in [-0.2, -0.15) is 0 Å². The Balaban J connectivity index is 0.00000341. The molecule has 0 amide bonds. The lowest BCUT2D eigenvalue weighted by atomic mass is 10.1. The van der Waals surface area contributed by atoms with E-state index in [4.69, 9.17) is 0 Å². The number of nitrogens with one attached hydrogen (secondary N) is 2. The topological polar surface area (TPSA) is 77.0 Å². The molecule has 0 atom stereocenters. The molecule has 1 aliphatic heterocycles. The normalized spacial score (nSPS) is 14.9. The SMILES string of the molecule is CN=C(NCc1ccc(CS(=O)(=O)NC)cc1)N1CCN(c2ccccc2F)CC1.I. The number of halogens is 2. The number of rotatable bonds is 6. The van der Waals surface area contributed by atoms with Crippen LogP contribution in [0.4, 0.5) is 10.1 Å². The molecule has 2 aromatic carbocycles. The zero-order valence-corrected chi connectivity index (χ0v) is 20.9. The maximum absolute atomic E-state index is 14.0. The highest BCUT2D eigenvalue weighted by molar-refractivity contribution is 14.0. The van der Waals surface area contributed by atoms with Crippen molar-refractivity contribution in [1.82, 2.24) is 14.9 Å². The van der Waals surface area contributed by atoms with Gasteiger partial charge in [0, 0.05) is 39.8 Å². The van der Waals surface area contributed by atoms with E-state index in [9.17, 15) is 12.8 Å². The summed E-state index contributed by atoms with van der Waals surface area (Å²) in [4.78, 5) is 8.58. The van der Waals surface area contributed by atoms with Gasteiger partial charge in [0.25, 0.3) is 0 Å². The molecule has 0 saturated carbocycles. The summed E-state index contributed by atoms with van der Waals surface area (Å²) in [6.07, 6.45) is 0. The average Bonchev–Trinajstić information content (AvgIpc) is 2.76. The van der Waals surface area contributed by atoms with Crippen molar-refractivity contribution in [3.05, 3.63) is 65.5 Å². The van der Waals surface area contributed by atoms with E-state index in [0.29, 0.717) is 12.2 Å². The van der Waals surface area contributed by atoms with E-state index in [1.54, 1.807) is 13.1 Å². The third kappa shape index (κ3) is 7.04. The summed E-state index contributed by atoms with van der Waals surface area (Å²) in [7, 11) is -0.116. The second-order valence-corrected chi connectivity index (χ2v) is 9.03. The molecular formula is C21H29FIN5O2S. The van der Waals surface area contributed by atoms with E-state index in [-0.39, 0.29) is 35.5 Å². The standard InChI is InChI=1S/C21H28FN5O2S.HI/c1-23-21(25-15-17-7-9-18(10-8-17)16-30(28,29)24-2)27-13-11-26(12-14-27)20-6-4-3-5-19(20)22;/h3-10,24H,11-16H2,1-2H3,(H,23,25);1H. The lowest BCUT2D eigenvalue weighted by Gasteiger charge is -2.37. The Morgan fingerprint density at radius 2 is 1.65 bits per heavy atom. The van der Waals surface area contributed by atoms with E-state index in [0.717, 1.165) is 43.3 Å². The predicted molar refractivity (Wildman–Crippen MR) is 134 cm³/mol. The molecule has 1 aliphatic rings. The molecule has 170 valence electrons. The third-order valence-corrected chi connectivity index (χ3v) is 6.46. The fourth-order valence-corrected chi connectivity index (χ4v) is 4.20. The predicted octanol–water partition coefficient (Wildman–Crippen LogP) is 2.39. The number of guanidine groups is 1. The maximum Gasteiger partial charge on any atom is 0.215 e. The van der Waals surface area contributed by atoms with Crippen LogP contribution >= 0.6 is 24.0 Å². The molecule has 3 rings (SSSR count). The Kier molecular flexibility index (Phi) is 9.51. The minimum absolute atomic E-state index is 0. The summed E-state index contributed by atoms with van der Waals surface area (Å²) in [5.41, 5.74) is 2.41. The van der Waals surface area contributed by atoms with Gasteiger partial charge < -0.3 is 15.1 Å². The summed E-state index contributed by atoms with van der Waals surface area (Å²) in [6.45, 7) is 3.51. The molecule has 0 aliphatic carbocycles. The molecule has 0 radical (unpaired) electrons. The number of aliphatic imine (C=N–C) groups is 1. The molecular weight excluding hydrogens is 532 g/mol. The van der Waals surface area contributed by atoms with Gasteiger partial charge in [-0.1, -0.05) is 36.4 Å². The molecule has 0 aromatic heterocycles. The van der Waals surface area contributed by atoms with Crippen LogP contribution in [0.15, 0.2) is 53.5 Å². The highest BCUT2D eigenvalue weighted by Gasteiger charge is 2.21. The molecule has 7 nitrogen and oxygen atoms in total. The van der Waals surface area contributed by atoms with Gasteiger partial charge in [0.15, 0.2) is 5.96 Å². The van der Waals surface area contributed by atoms with Crippen molar-refractivity contribution in [1.29, 1.82) is 0 Å². The quantitative estimate of drug-likeness (QED) is 0.322. The van der Waals surface area contributed by atoms with Crippen molar-refractivity contribution < 1.29 is 12.8 Å². The van der Waals surface area contributed by atoms with E-state index in [1.807, 2.05) is 36.4 Å². The number of piperazine rings is 1. The summed E-state index contributed by atoms with van der Waals surface area (Å²) in [6, 6.07) is 14.3. The number of anilines is 1. The highest BCUT2D eigenvalue weighted by atomic mass is 127. The van der Waals surface area contributed by atoms with Gasteiger partial charge in [0.05, 0.1) is 11.4 Å². The molecule has 0 unspecified atom stereocenters. The first-order valence-corrected chi connectivity index (χ1v) is 11.5. The molecule has 0 bridgehead atoms. The number of sulfonamides is 1. The van der Waals surface area contributed by atoms with Gasteiger partial charge in [-0.15, -0.1) is 24.0 Å². The van der Waals surface area contributed by atoms with Crippen LogP contribution in [0.25, 0.3) is 0 Å². The van der Waals surface area contributed by atoms with Crippen LogP contribution in [-0.4, -0.2) is 59.6 Å². The van der Waals surface area contributed by atoms with Crippen molar-refractivity contribution in [2.75, 3.05) is 45.2 Å². The van der Waals surface area contributed by atoms with E-state index < -0.39 is 10.0 Å². The van der Waals surface area contributed by atoms with Gasteiger partial charge in [0.2, 0.25) is 10.0 Å². The third-order valence-electron chi connectivity index (χ3n) is 5.13. The first-order valence-electron chi connectivity index (χ1n) is 9.86. The van der Waals surface area contributed by atoms with Crippen molar-refractivity contribution in [3.63, 3.8) is 0 Å². The molecule has 1 fully saturated rings. The minimum Gasteiger partial charge on any atom is -0.366 e. The van der Waals surface area contributed by atoms with Crippen LogP contribution in [-0.2, 0) is 22.3 Å². The fraction of sp³-hybridized carbons (Fsp3) is 0.381. The second kappa shape index (κ2) is 11.6. The Bertz CT molecular complexity index is 978. The van der Waals surface area contributed by atoms with Crippen LogP contribution in [0.2, 0.25) is 0 Å². The Morgan fingerprint density at radius 1 is 1.03 bits per heavy atom. The molecule has 0 spiro atoms. The minimum atomic E-state index is -3.28. The maximum atomic E-state index is 14.0. The molecule has 10 heteroatoms. The number of para-hydroxylation sites is 1. The van der Waals surface area contributed by atoms with E-state index >= 15 is 0 Å². The Morgan fingerprint density at radius 3 is 2.23 bits per heavy atom. The Hall–Kier alpha value is -1.92. The van der Waals surface area contributed by atoms with Crippen LogP contribution in [0.1, 0.15) is 11.1 Å². The van der Waals surface area contributed by atoms with Gasteiger partial charge in [-0.3, -0.25) is 4.99 Å². The average molecular weight is 561 g/mol. The van der Waals surface area contributed by atoms with Gasteiger partial charge >= 0.3 is 0 Å². The molecule has 31 heavy (non-hydrogen) atoms. The largest absolute Gasteiger partial charge is 0.366 e. The van der Waals surface area contributed by atoms with Gasteiger partial charge in [-0.05, 0) is 30.3 Å². The van der Waals surface area contributed by atoms with Crippen LogP contribution in [0.3, 0.4) is 0 Å². The number of benzene rings is 2. The van der Waals surface area contributed by atoms with Crippen molar-refractivity contribution in [3.8, 4) is 0 Å². The lowest BCUT2D eigenvalue weighted by molar-refractivity contribution is 0.370. The monoisotopic (exact) mass is 561 g/mol. The zero-order valence-electron chi connectivity index (χ0n) is 17.7. The highest BCUT2D eigenvalue weighted by Crippen LogP contribution is 2.20. The summed E-state index contributed by atoms with van der Waals surface area (Å²) >= 11 is 0. The van der Waals surface area contributed by atoms with Crippen LogP contribution < -0.4 is 14.9 Å². The first kappa shape index (κ1) is 25.3. The number of hydrogen-bond donors (Lipinski definition) is 2. The molecule has 1 heterocycles. The number of hydrogen-bond acceptors (Lipinski definition) is 4. The molecule has 2 N–H and O–H groups in total. The van der Waals surface area contributed by atoms with Gasteiger partial charge in [-0.25, -0.2) is 17.5 Å². The van der Waals surface area contributed by atoms with Crippen molar-refractivity contribution in [2.24, 2.45) is 4.99 Å². The molecule has 1 saturated heterocycles. The van der Waals surface area contributed by atoms with Gasteiger partial charge in [0.1, 0.15) is 5.82 Å². The first-order chi connectivity index (χ1) is 14.4. The number of nitrogens with zero attached hydrogens (tertiary/aromatic N) is 3.